The van der Waals surface area contributed by atoms with Crippen LogP contribution in [0.3, 0.4) is 0 Å². The molecule has 0 atom stereocenters. The number of rotatable bonds is 12. The Labute approximate surface area is 336 Å². The highest BCUT2D eigenvalue weighted by Crippen LogP contribution is 2.46. The molecule has 19 heteroatoms. The molecule has 0 aromatic heterocycles. The van der Waals surface area contributed by atoms with Crippen molar-refractivity contribution in [2.24, 2.45) is 0 Å². The fourth-order valence-corrected chi connectivity index (χ4v) is 12.5. The molecule has 0 unspecified atom stereocenters. The van der Waals surface area contributed by atoms with Gasteiger partial charge >= 0.3 is 6.16 Å². The number of hydrogen-bond acceptors (Lipinski definition) is 13. The first-order valence-corrected chi connectivity index (χ1v) is 23.3. The average Bonchev–Trinajstić information content (AvgIpc) is 3.24. The first-order valence-electron chi connectivity index (χ1n) is 18.9. The molecule has 0 spiro atoms. The molecule has 3 fully saturated rings. The largest absolute Gasteiger partial charge is 0.513 e. The lowest BCUT2D eigenvalue weighted by Gasteiger charge is -2.30. The van der Waals surface area contributed by atoms with E-state index in [2.05, 4.69) is 0 Å². The molecular formula is C39H43N3O13S3. The van der Waals surface area contributed by atoms with Crippen molar-refractivity contribution < 1.29 is 58.5 Å². The zero-order valence-corrected chi connectivity index (χ0v) is 34.2. The normalized spacial score (nSPS) is 18.2. The predicted octanol–water partition coefficient (Wildman–Crippen LogP) is 3.94. The van der Waals surface area contributed by atoms with E-state index in [-0.39, 0.29) is 141 Å². The van der Waals surface area contributed by atoms with Crippen molar-refractivity contribution in [1.29, 1.82) is 0 Å². The first kappa shape index (κ1) is 40.6. The van der Waals surface area contributed by atoms with Gasteiger partial charge in [0.2, 0.25) is 30.1 Å². The van der Waals surface area contributed by atoms with Gasteiger partial charge in [0.05, 0.1) is 67.5 Å². The van der Waals surface area contributed by atoms with Crippen LogP contribution in [-0.4, -0.2) is 136 Å². The van der Waals surface area contributed by atoms with E-state index in [0.717, 1.165) is 5.56 Å². The molecule has 0 amide bonds. The average molecular weight is 858 g/mol. The quantitative estimate of drug-likeness (QED) is 0.0762. The topological polar surface area (TPSA) is 185 Å². The molecular weight excluding hydrogens is 815 g/mol. The molecule has 3 aliphatic rings. The maximum Gasteiger partial charge on any atom is 0.513 e. The fourth-order valence-electron chi connectivity index (χ4n) is 7.53. The molecule has 3 aliphatic heterocycles. The van der Waals surface area contributed by atoms with Gasteiger partial charge in [0, 0.05) is 84.1 Å². The van der Waals surface area contributed by atoms with Crippen LogP contribution in [0.4, 0.5) is 4.79 Å². The molecule has 3 heterocycles. The maximum absolute atomic E-state index is 14.5. The van der Waals surface area contributed by atoms with E-state index in [9.17, 15) is 30.0 Å². The van der Waals surface area contributed by atoms with Crippen LogP contribution in [0.5, 0.6) is 11.5 Å². The number of aryl methyl sites for hydroxylation is 1. The number of carbonyl (C=O) groups excluding carboxylic acids is 1. The Balaban J connectivity index is 1.26. The van der Waals surface area contributed by atoms with Gasteiger partial charge in [0.15, 0.2) is 0 Å². The summed E-state index contributed by atoms with van der Waals surface area (Å²) in [5, 5.41) is 1.76. The van der Waals surface area contributed by atoms with E-state index >= 15 is 0 Å². The van der Waals surface area contributed by atoms with Gasteiger partial charge in [0.25, 0.3) is 0 Å². The molecule has 0 aliphatic carbocycles. The summed E-state index contributed by atoms with van der Waals surface area (Å²) in [6.07, 6.45) is -0.684. The molecule has 310 valence electrons. The molecule has 5 aromatic rings. The van der Waals surface area contributed by atoms with Crippen LogP contribution < -0.4 is 9.47 Å². The smallest absolute Gasteiger partial charge is 0.493 e. The van der Waals surface area contributed by atoms with Crippen LogP contribution in [0, 0.1) is 6.92 Å². The van der Waals surface area contributed by atoms with Crippen LogP contribution in [0.2, 0.25) is 0 Å². The summed E-state index contributed by atoms with van der Waals surface area (Å²) < 4.78 is 124. The Morgan fingerprint density at radius 2 is 0.983 bits per heavy atom. The number of carbonyl (C=O) groups is 1. The van der Waals surface area contributed by atoms with E-state index in [1.54, 1.807) is 48.5 Å². The molecule has 5 aromatic carbocycles. The molecule has 0 bridgehead atoms. The minimum Gasteiger partial charge on any atom is -0.493 e. The molecule has 16 nitrogen and oxygen atoms in total. The Morgan fingerprint density at radius 3 is 1.45 bits per heavy atom. The summed E-state index contributed by atoms with van der Waals surface area (Å²) >= 11 is 0. The Hall–Kier alpha value is -4.18. The van der Waals surface area contributed by atoms with E-state index < -0.39 is 36.2 Å². The Kier molecular flexibility index (Phi) is 11.5. The highest BCUT2D eigenvalue weighted by Gasteiger charge is 2.36. The van der Waals surface area contributed by atoms with Crippen molar-refractivity contribution in [3.8, 4) is 11.5 Å². The van der Waals surface area contributed by atoms with Gasteiger partial charge in [-0.15, -0.1) is 0 Å². The van der Waals surface area contributed by atoms with Gasteiger partial charge in [-0.25, -0.2) is 30.0 Å². The summed E-state index contributed by atoms with van der Waals surface area (Å²) in [6.45, 7) is 3.44. The lowest BCUT2D eigenvalue weighted by atomic mass is 9.93. The highest BCUT2D eigenvalue weighted by atomic mass is 32.2. The van der Waals surface area contributed by atoms with E-state index in [4.69, 9.17) is 28.4 Å². The summed E-state index contributed by atoms with van der Waals surface area (Å²) in [5.74, 6) is 0.492. The monoisotopic (exact) mass is 857 g/mol. The summed E-state index contributed by atoms with van der Waals surface area (Å²) in [4.78, 5) is 11.8. The number of nitrogens with zero attached hydrogens (tertiary/aromatic N) is 3. The van der Waals surface area contributed by atoms with Crippen molar-refractivity contribution in [2.45, 2.75) is 28.0 Å². The van der Waals surface area contributed by atoms with E-state index in [1.807, 2.05) is 6.92 Å². The lowest BCUT2D eigenvalue weighted by Crippen LogP contribution is -2.41. The number of ether oxygens (including phenoxy) is 6. The van der Waals surface area contributed by atoms with Crippen LogP contribution in [-0.2, 0) is 49.0 Å². The van der Waals surface area contributed by atoms with E-state index in [0.29, 0.717) is 16.5 Å². The van der Waals surface area contributed by atoms with Crippen LogP contribution in [0.25, 0.3) is 32.3 Å². The number of sulfonamides is 3. The SMILES string of the molecule is Cc1ccc(OC(=O)OCCCOc2cc(S(=O)(=O)N3CCOCC3)c3ccc4c(S(=O)(=O)N5CCOCC5)cc(S(=O)(=O)N5CCOCC5)c5ccc2c3c54)cc1. The van der Waals surface area contributed by atoms with Gasteiger partial charge in [-0.1, -0.05) is 35.9 Å². The predicted molar refractivity (Wildman–Crippen MR) is 212 cm³/mol. The second-order valence-corrected chi connectivity index (χ2v) is 19.8. The van der Waals surface area contributed by atoms with Crippen molar-refractivity contribution >= 4 is 68.5 Å². The van der Waals surface area contributed by atoms with Gasteiger partial charge in [-0.3, -0.25) is 0 Å². The number of morpholine rings is 3. The number of hydrogen-bond donors (Lipinski definition) is 0. The second-order valence-electron chi connectivity index (χ2n) is 14.1. The van der Waals surface area contributed by atoms with Gasteiger partial charge in [-0.2, -0.15) is 12.9 Å². The van der Waals surface area contributed by atoms with Crippen LogP contribution in [0.15, 0.2) is 75.4 Å². The Morgan fingerprint density at radius 1 is 0.569 bits per heavy atom. The van der Waals surface area contributed by atoms with Gasteiger partial charge in [0.1, 0.15) is 11.5 Å². The fraction of sp³-hybridized carbons (Fsp3) is 0.410. The molecule has 8 rings (SSSR count). The molecule has 0 N–H and O–H groups in total. The molecule has 58 heavy (non-hydrogen) atoms. The number of benzene rings is 5. The molecule has 0 radical (unpaired) electrons. The summed E-state index contributed by atoms with van der Waals surface area (Å²) in [7, 11) is -12.8. The van der Waals surface area contributed by atoms with Crippen molar-refractivity contribution in [2.75, 3.05) is 92.1 Å². The first-order chi connectivity index (χ1) is 27.9. The Bertz CT molecular complexity index is 2590. The third-order valence-corrected chi connectivity index (χ3v) is 16.3. The zero-order valence-electron chi connectivity index (χ0n) is 31.8. The van der Waals surface area contributed by atoms with E-state index in [1.165, 1.54) is 25.0 Å². The van der Waals surface area contributed by atoms with Gasteiger partial charge < -0.3 is 28.4 Å². The van der Waals surface area contributed by atoms with Crippen LogP contribution >= 0.6 is 0 Å². The minimum atomic E-state index is -4.29. The standard InChI is InChI=1S/C39H43N3O13S3/c1-27-3-5-28(6-4-27)55-39(43)54-18-2-17-53-33-25-34(56(44,45)40-11-19-50-20-12-40)30-9-10-32-36(58(48,49)42-15-23-52-24-16-42)26-35(31-8-7-29(33)37(30)38(31)32)57(46,47)41-13-21-51-22-14-41/h3-10,25-26H,2,11-24H2,1H3. The third-order valence-electron chi connectivity index (χ3n) is 10.5. The maximum atomic E-state index is 14.5. The summed E-state index contributed by atoms with van der Waals surface area (Å²) in [6, 6.07) is 16.0. The van der Waals surface area contributed by atoms with Crippen molar-refractivity contribution in [3.63, 3.8) is 0 Å². The van der Waals surface area contributed by atoms with Gasteiger partial charge in [-0.05, 0) is 31.2 Å². The minimum absolute atomic E-state index is 0.00779. The van der Waals surface area contributed by atoms with Crippen LogP contribution in [0.1, 0.15) is 12.0 Å². The lowest BCUT2D eigenvalue weighted by molar-refractivity contribution is 0.0729. The molecule has 3 saturated heterocycles. The zero-order chi connectivity index (χ0) is 40.7. The second kappa shape index (κ2) is 16.5. The van der Waals surface area contributed by atoms with Crippen molar-refractivity contribution in [1.82, 2.24) is 12.9 Å². The highest BCUT2D eigenvalue weighted by molar-refractivity contribution is 7.90. The third kappa shape index (κ3) is 7.70. The summed E-state index contributed by atoms with van der Waals surface area (Å²) in [5.41, 5.74) is 1.00. The van der Waals surface area contributed by atoms with Crippen molar-refractivity contribution in [3.05, 3.63) is 66.2 Å². The molecule has 0 saturated carbocycles.